The van der Waals surface area contributed by atoms with Crippen LogP contribution in [-0.4, -0.2) is 64.1 Å². The third kappa shape index (κ3) is 3.23. The maximum absolute atomic E-state index is 13.0. The van der Waals surface area contributed by atoms with Crippen LogP contribution in [0.25, 0.3) is 0 Å². The maximum Gasteiger partial charge on any atom is 0.311 e. The van der Waals surface area contributed by atoms with Crippen LogP contribution in [0.1, 0.15) is 62.5 Å². The van der Waals surface area contributed by atoms with Gasteiger partial charge in [-0.2, -0.15) is 0 Å². The minimum atomic E-state index is -1.00. The lowest BCUT2D eigenvalue weighted by atomic mass is 9.49. The molecular weight excluding hydrogens is 458 g/mol. The zero-order valence-electron chi connectivity index (χ0n) is 19.0. The van der Waals surface area contributed by atoms with E-state index in [1.807, 2.05) is 33.7 Å². The Kier molecular flexibility index (Phi) is 5.51. The Morgan fingerprint density at radius 2 is 2.21 bits per heavy atom. The van der Waals surface area contributed by atoms with Gasteiger partial charge in [-0.25, -0.2) is 0 Å². The Hall–Kier alpha value is -1.22. The van der Waals surface area contributed by atoms with Gasteiger partial charge >= 0.3 is 5.97 Å². The number of hydrogen-bond donors (Lipinski definition) is 1. The Morgan fingerprint density at radius 1 is 1.33 bits per heavy atom. The van der Waals surface area contributed by atoms with Crippen LogP contribution in [0.4, 0.5) is 0 Å². The first kappa shape index (κ1) is 22.3. The minimum Gasteiger partial charge on any atom is -0.477 e. The first-order valence-corrected chi connectivity index (χ1v) is 14.6. The SMILES string of the molecule is CN1CC[C@]23c4c5ccc(OC(=O)CCCC[C@H]6CCSS6)c4O[C@H]2C(=O)CC[C@@]3(O)[C@H]1C5. The lowest BCUT2D eigenvalue weighted by Gasteiger charge is -2.62. The normalized spacial score (nSPS) is 36.4. The van der Waals surface area contributed by atoms with Crippen LogP contribution in [0.5, 0.6) is 11.5 Å². The zero-order chi connectivity index (χ0) is 22.8. The summed E-state index contributed by atoms with van der Waals surface area (Å²) in [6.45, 7) is 0.806. The van der Waals surface area contributed by atoms with Crippen molar-refractivity contribution in [3.63, 3.8) is 0 Å². The number of ketones is 1. The average Bonchev–Trinajstić information content (AvgIpc) is 3.43. The van der Waals surface area contributed by atoms with Crippen LogP contribution >= 0.6 is 21.6 Å². The van der Waals surface area contributed by atoms with E-state index < -0.39 is 17.1 Å². The number of likely N-dealkylation sites (N-methyl/N-ethyl adjacent to an activating group) is 1. The summed E-state index contributed by atoms with van der Waals surface area (Å²) in [6.07, 6.45) is 6.12. The predicted molar refractivity (Wildman–Crippen MR) is 129 cm³/mol. The Balaban J connectivity index is 1.25. The van der Waals surface area contributed by atoms with E-state index in [1.165, 1.54) is 12.2 Å². The van der Waals surface area contributed by atoms with Gasteiger partial charge in [0.15, 0.2) is 23.4 Å². The number of ether oxygens (including phenoxy) is 2. The summed E-state index contributed by atoms with van der Waals surface area (Å²) in [6, 6.07) is 3.79. The van der Waals surface area contributed by atoms with E-state index in [0.29, 0.717) is 43.6 Å². The molecule has 1 N–H and O–H groups in total. The second-order valence-corrected chi connectivity index (χ2v) is 13.1. The molecule has 8 heteroatoms. The standard InChI is InChI=1S/C25H31NO5S2/c1-26-12-11-24-21-15-6-7-18(30-20(28)5-3-2-4-16-9-13-32-33-16)22(21)31-23(24)17(27)8-10-25(24,29)19(26)14-15/h6-7,16,19,23,29H,2-5,8-14H2,1H3/t16-,19+,23-,24-,25+/m0/s1. The van der Waals surface area contributed by atoms with Gasteiger partial charge < -0.3 is 19.5 Å². The van der Waals surface area contributed by atoms with Gasteiger partial charge in [-0.1, -0.05) is 34.1 Å². The highest BCUT2D eigenvalue weighted by molar-refractivity contribution is 8.77. The molecule has 5 aliphatic rings. The summed E-state index contributed by atoms with van der Waals surface area (Å²) >= 11 is 0. The van der Waals surface area contributed by atoms with Crippen LogP contribution in [0.3, 0.4) is 0 Å². The van der Waals surface area contributed by atoms with E-state index in [9.17, 15) is 14.7 Å². The van der Waals surface area contributed by atoms with Crippen molar-refractivity contribution in [1.82, 2.24) is 4.90 Å². The molecule has 3 heterocycles. The van der Waals surface area contributed by atoms with Crippen molar-refractivity contribution in [2.75, 3.05) is 19.3 Å². The molecule has 2 bridgehead atoms. The van der Waals surface area contributed by atoms with Crippen LogP contribution in [-0.2, 0) is 21.4 Å². The highest BCUT2D eigenvalue weighted by Gasteiger charge is 2.72. The fraction of sp³-hybridized carbons (Fsp3) is 0.680. The van der Waals surface area contributed by atoms with E-state index >= 15 is 0 Å². The number of Topliss-reactive ketones (excluding diaryl/α,β-unsaturated/α-hetero) is 1. The molecule has 5 atom stereocenters. The van der Waals surface area contributed by atoms with Crippen LogP contribution in [0, 0.1) is 0 Å². The molecule has 0 unspecified atom stereocenters. The van der Waals surface area contributed by atoms with E-state index in [1.54, 1.807) is 0 Å². The second-order valence-electron chi connectivity index (χ2n) is 10.3. The van der Waals surface area contributed by atoms with Crippen LogP contribution in [0.2, 0.25) is 0 Å². The molecule has 3 aliphatic heterocycles. The third-order valence-electron chi connectivity index (χ3n) is 8.62. The summed E-state index contributed by atoms with van der Waals surface area (Å²) in [5.41, 5.74) is 0.293. The van der Waals surface area contributed by atoms with Crippen molar-refractivity contribution >= 4 is 33.3 Å². The van der Waals surface area contributed by atoms with Gasteiger partial charge in [0.1, 0.15) is 0 Å². The Labute approximate surface area is 202 Å². The molecule has 2 aliphatic carbocycles. The molecule has 3 fully saturated rings. The quantitative estimate of drug-likeness (QED) is 0.281. The summed E-state index contributed by atoms with van der Waals surface area (Å²) in [5, 5.41) is 12.7. The van der Waals surface area contributed by atoms with Gasteiger partial charge in [-0.3, -0.25) is 9.59 Å². The fourth-order valence-electron chi connectivity index (χ4n) is 6.98. The lowest BCUT2D eigenvalue weighted by molar-refractivity contribution is -0.185. The number of piperidine rings is 1. The van der Waals surface area contributed by atoms with Crippen LogP contribution < -0.4 is 9.47 Å². The molecule has 0 amide bonds. The van der Waals surface area contributed by atoms with Crippen molar-refractivity contribution in [3.8, 4) is 11.5 Å². The zero-order valence-corrected chi connectivity index (χ0v) is 20.6. The number of nitrogens with zero attached hydrogens (tertiary/aromatic N) is 1. The largest absolute Gasteiger partial charge is 0.477 e. The van der Waals surface area contributed by atoms with Gasteiger partial charge in [-0.15, -0.1) is 0 Å². The topological polar surface area (TPSA) is 76.1 Å². The molecule has 0 aromatic heterocycles. The molecule has 6 nitrogen and oxygen atoms in total. The predicted octanol–water partition coefficient (Wildman–Crippen LogP) is 3.66. The van der Waals surface area contributed by atoms with Crippen LogP contribution in [0.15, 0.2) is 12.1 Å². The van der Waals surface area contributed by atoms with Gasteiger partial charge in [0.25, 0.3) is 0 Å². The van der Waals surface area contributed by atoms with E-state index in [0.717, 1.165) is 42.2 Å². The average molecular weight is 490 g/mol. The van der Waals surface area contributed by atoms with Crippen molar-refractivity contribution in [3.05, 3.63) is 23.3 Å². The number of likely N-dealkylation sites (tertiary alicyclic amines) is 1. The smallest absolute Gasteiger partial charge is 0.311 e. The number of rotatable bonds is 6. The number of carbonyl (C=O) groups excluding carboxylic acids is 2. The summed E-state index contributed by atoms with van der Waals surface area (Å²) in [7, 11) is 5.98. The Bertz CT molecular complexity index is 995. The first-order valence-electron chi connectivity index (χ1n) is 12.2. The molecule has 1 saturated carbocycles. The molecule has 6 rings (SSSR count). The number of hydrogen-bond acceptors (Lipinski definition) is 8. The lowest BCUT2D eigenvalue weighted by Crippen LogP contribution is -2.76. The van der Waals surface area contributed by atoms with Crippen molar-refractivity contribution in [2.45, 2.75) is 86.2 Å². The second kappa shape index (κ2) is 8.18. The molecule has 1 aromatic carbocycles. The molecule has 2 saturated heterocycles. The van der Waals surface area contributed by atoms with Gasteiger partial charge in [-0.05, 0) is 63.7 Å². The van der Waals surface area contributed by atoms with Gasteiger partial charge in [0.05, 0.1) is 11.0 Å². The van der Waals surface area contributed by atoms with Gasteiger partial charge in [0, 0.05) is 35.4 Å². The van der Waals surface area contributed by atoms with Crippen molar-refractivity contribution in [1.29, 1.82) is 0 Å². The Morgan fingerprint density at radius 3 is 3.03 bits per heavy atom. The highest BCUT2D eigenvalue weighted by atomic mass is 33.1. The molecule has 33 heavy (non-hydrogen) atoms. The monoisotopic (exact) mass is 489 g/mol. The highest BCUT2D eigenvalue weighted by Crippen LogP contribution is 2.64. The maximum atomic E-state index is 13.0. The van der Waals surface area contributed by atoms with Crippen molar-refractivity contribution in [2.24, 2.45) is 0 Å². The number of carbonyl (C=O) groups is 2. The van der Waals surface area contributed by atoms with E-state index in [4.69, 9.17) is 9.47 Å². The van der Waals surface area contributed by atoms with Gasteiger partial charge in [0.2, 0.25) is 0 Å². The first-order chi connectivity index (χ1) is 15.9. The number of unbranched alkanes of at least 4 members (excludes halogenated alkanes) is 1. The summed E-state index contributed by atoms with van der Waals surface area (Å²) in [4.78, 5) is 27.9. The molecular formula is C25H31NO5S2. The van der Waals surface area contributed by atoms with E-state index in [2.05, 4.69) is 11.9 Å². The molecule has 0 radical (unpaired) electrons. The van der Waals surface area contributed by atoms with Crippen molar-refractivity contribution < 1.29 is 24.2 Å². The van der Waals surface area contributed by atoms with E-state index in [-0.39, 0.29) is 17.8 Å². The summed E-state index contributed by atoms with van der Waals surface area (Å²) < 4.78 is 12.1. The minimum absolute atomic E-state index is 0.0336. The molecule has 1 spiro atoms. The third-order valence-corrected chi connectivity index (χ3v) is 11.6. The fourth-order valence-corrected chi connectivity index (χ4v) is 10.0. The number of esters is 1. The number of benzene rings is 1. The number of aliphatic hydroxyl groups is 1. The summed E-state index contributed by atoms with van der Waals surface area (Å²) in [5.74, 6) is 1.94. The molecule has 178 valence electrons. The molecule has 1 aromatic rings.